The van der Waals surface area contributed by atoms with Gasteiger partial charge in [-0.15, -0.1) is 11.3 Å². The van der Waals surface area contributed by atoms with Crippen molar-refractivity contribution in [2.24, 2.45) is 0 Å². The van der Waals surface area contributed by atoms with Crippen LogP contribution in [0.4, 0.5) is 13.2 Å². The van der Waals surface area contributed by atoms with Crippen LogP contribution in [0.3, 0.4) is 0 Å². The summed E-state index contributed by atoms with van der Waals surface area (Å²) >= 11 is 1.55. The van der Waals surface area contributed by atoms with Gasteiger partial charge in [-0.3, -0.25) is 9.59 Å². The Labute approximate surface area is 135 Å². The molecule has 0 aliphatic carbocycles. The zero-order chi connectivity index (χ0) is 17.0. The Morgan fingerprint density at radius 3 is 2.87 bits per heavy atom. The Kier molecular flexibility index (Phi) is 5.61. The van der Waals surface area contributed by atoms with Gasteiger partial charge in [0.25, 0.3) is 0 Å². The number of aryl methyl sites for hydroxylation is 2. The Bertz CT molecular complexity index is 574. The van der Waals surface area contributed by atoms with Crippen LogP contribution in [-0.4, -0.2) is 47.0 Å². The predicted molar refractivity (Wildman–Crippen MR) is 79.0 cm³/mol. The highest BCUT2D eigenvalue weighted by Crippen LogP contribution is 2.21. The quantitative estimate of drug-likeness (QED) is 0.855. The van der Waals surface area contributed by atoms with Crippen LogP contribution in [0.2, 0.25) is 0 Å². The van der Waals surface area contributed by atoms with E-state index < -0.39 is 24.7 Å². The van der Waals surface area contributed by atoms with E-state index >= 15 is 0 Å². The second-order valence-electron chi connectivity index (χ2n) is 5.57. The van der Waals surface area contributed by atoms with Gasteiger partial charge in [-0.25, -0.2) is 4.98 Å². The SMILES string of the molecule is Cc1nc(CCCC(=O)NC2CC(=O)N(CC(F)(F)F)C2)cs1. The first-order valence-corrected chi connectivity index (χ1v) is 8.16. The molecule has 1 atom stereocenters. The van der Waals surface area contributed by atoms with E-state index in [1.807, 2.05) is 12.3 Å². The molecule has 0 saturated carbocycles. The van der Waals surface area contributed by atoms with Gasteiger partial charge >= 0.3 is 6.18 Å². The average molecular weight is 349 g/mol. The summed E-state index contributed by atoms with van der Waals surface area (Å²) in [7, 11) is 0. The van der Waals surface area contributed by atoms with Crippen LogP contribution in [0, 0.1) is 6.92 Å². The van der Waals surface area contributed by atoms with Crippen molar-refractivity contribution < 1.29 is 22.8 Å². The zero-order valence-electron chi connectivity index (χ0n) is 12.7. The van der Waals surface area contributed by atoms with Crippen molar-refractivity contribution in [3.05, 3.63) is 16.1 Å². The first-order valence-electron chi connectivity index (χ1n) is 7.28. The summed E-state index contributed by atoms with van der Waals surface area (Å²) in [5.74, 6) is -0.825. The molecule has 23 heavy (non-hydrogen) atoms. The minimum Gasteiger partial charge on any atom is -0.351 e. The number of thiazole rings is 1. The third-order valence-corrected chi connectivity index (χ3v) is 4.28. The molecule has 0 radical (unpaired) electrons. The van der Waals surface area contributed by atoms with Gasteiger partial charge in [0.05, 0.1) is 16.7 Å². The fraction of sp³-hybridized carbons (Fsp3) is 0.643. The van der Waals surface area contributed by atoms with Crippen LogP contribution in [0.5, 0.6) is 0 Å². The number of carbonyl (C=O) groups excluding carboxylic acids is 2. The molecule has 1 aromatic heterocycles. The first-order chi connectivity index (χ1) is 10.7. The number of halogens is 3. The van der Waals surface area contributed by atoms with E-state index in [4.69, 9.17) is 0 Å². The standard InChI is InChI=1S/C14H18F3N3O2S/c1-9-18-10(7-23-9)3-2-4-12(21)19-11-5-13(22)20(6-11)8-14(15,16)17/h7,11H,2-6,8H2,1H3,(H,19,21). The number of nitrogens with one attached hydrogen (secondary N) is 1. The van der Waals surface area contributed by atoms with Crippen molar-refractivity contribution in [3.63, 3.8) is 0 Å². The van der Waals surface area contributed by atoms with E-state index in [1.165, 1.54) is 0 Å². The Morgan fingerprint density at radius 1 is 1.52 bits per heavy atom. The minimum atomic E-state index is -4.42. The summed E-state index contributed by atoms with van der Waals surface area (Å²) in [5, 5.41) is 5.54. The molecule has 128 valence electrons. The van der Waals surface area contributed by atoms with E-state index in [-0.39, 0.29) is 25.3 Å². The number of nitrogens with zero attached hydrogens (tertiary/aromatic N) is 2. The van der Waals surface area contributed by atoms with Gasteiger partial charge in [0.15, 0.2) is 0 Å². The van der Waals surface area contributed by atoms with E-state index in [2.05, 4.69) is 10.3 Å². The van der Waals surface area contributed by atoms with Gasteiger partial charge in [0, 0.05) is 24.8 Å². The molecular weight excluding hydrogens is 331 g/mol. The van der Waals surface area contributed by atoms with E-state index in [9.17, 15) is 22.8 Å². The van der Waals surface area contributed by atoms with Crippen LogP contribution in [-0.2, 0) is 16.0 Å². The molecule has 9 heteroatoms. The van der Waals surface area contributed by atoms with Gasteiger partial charge in [-0.2, -0.15) is 13.2 Å². The van der Waals surface area contributed by atoms with Crippen molar-refractivity contribution in [1.82, 2.24) is 15.2 Å². The molecular formula is C14H18F3N3O2S. The van der Waals surface area contributed by atoms with Gasteiger partial charge in [0.1, 0.15) is 6.54 Å². The van der Waals surface area contributed by atoms with Gasteiger partial charge in [0.2, 0.25) is 11.8 Å². The van der Waals surface area contributed by atoms with E-state index in [0.717, 1.165) is 15.6 Å². The molecule has 2 heterocycles. The number of amides is 2. The third kappa shape index (κ3) is 5.81. The monoisotopic (exact) mass is 349 g/mol. The summed E-state index contributed by atoms with van der Waals surface area (Å²) in [6.45, 7) is 0.557. The number of aromatic nitrogens is 1. The van der Waals surface area contributed by atoms with Crippen molar-refractivity contribution in [2.75, 3.05) is 13.1 Å². The number of hydrogen-bond acceptors (Lipinski definition) is 4. The van der Waals surface area contributed by atoms with Crippen molar-refractivity contribution >= 4 is 23.2 Å². The molecule has 1 aliphatic heterocycles. The summed E-state index contributed by atoms with van der Waals surface area (Å²) in [4.78, 5) is 28.4. The molecule has 2 amide bonds. The number of hydrogen-bond donors (Lipinski definition) is 1. The lowest BCUT2D eigenvalue weighted by Crippen LogP contribution is -2.39. The average Bonchev–Trinajstić information content (AvgIpc) is 2.95. The highest BCUT2D eigenvalue weighted by molar-refractivity contribution is 7.09. The van der Waals surface area contributed by atoms with Gasteiger partial charge in [-0.05, 0) is 19.8 Å². The number of carbonyl (C=O) groups is 2. The van der Waals surface area contributed by atoms with Crippen LogP contribution in [0.15, 0.2) is 5.38 Å². The Morgan fingerprint density at radius 2 is 2.26 bits per heavy atom. The fourth-order valence-corrected chi connectivity index (χ4v) is 3.14. The molecule has 0 aromatic carbocycles. The molecule has 1 saturated heterocycles. The molecule has 1 N–H and O–H groups in total. The van der Waals surface area contributed by atoms with Crippen molar-refractivity contribution in [1.29, 1.82) is 0 Å². The highest BCUT2D eigenvalue weighted by atomic mass is 32.1. The van der Waals surface area contributed by atoms with E-state index in [1.54, 1.807) is 11.3 Å². The molecule has 1 fully saturated rings. The molecule has 5 nitrogen and oxygen atoms in total. The summed E-state index contributed by atoms with van der Waals surface area (Å²) in [5.41, 5.74) is 0.938. The zero-order valence-corrected chi connectivity index (χ0v) is 13.5. The molecule has 1 aliphatic rings. The smallest absolute Gasteiger partial charge is 0.351 e. The minimum absolute atomic E-state index is 0.0763. The van der Waals surface area contributed by atoms with E-state index in [0.29, 0.717) is 12.8 Å². The third-order valence-electron chi connectivity index (χ3n) is 3.45. The van der Waals surface area contributed by atoms with Crippen LogP contribution in [0.25, 0.3) is 0 Å². The molecule has 2 rings (SSSR count). The van der Waals surface area contributed by atoms with Crippen molar-refractivity contribution in [2.45, 2.75) is 44.8 Å². The summed E-state index contributed by atoms with van der Waals surface area (Å²) in [6, 6.07) is -0.543. The van der Waals surface area contributed by atoms with Crippen LogP contribution in [0.1, 0.15) is 30.0 Å². The number of likely N-dealkylation sites (tertiary alicyclic amines) is 1. The number of rotatable bonds is 6. The topological polar surface area (TPSA) is 62.3 Å². The maximum absolute atomic E-state index is 12.3. The Balaban J connectivity index is 1.70. The lowest BCUT2D eigenvalue weighted by Gasteiger charge is -2.18. The molecule has 1 unspecified atom stereocenters. The summed E-state index contributed by atoms with van der Waals surface area (Å²) < 4.78 is 36.9. The maximum Gasteiger partial charge on any atom is 0.406 e. The lowest BCUT2D eigenvalue weighted by atomic mass is 10.2. The first kappa shape index (κ1) is 17.7. The molecule has 1 aromatic rings. The predicted octanol–water partition coefficient (Wildman–Crippen LogP) is 2.05. The second kappa shape index (κ2) is 7.29. The largest absolute Gasteiger partial charge is 0.406 e. The van der Waals surface area contributed by atoms with Crippen LogP contribution < -0.4 is 5.32 Å². The van der Waals surface area contributed by atoms with Crippen LogP contribution >= 0.6 is 11.3 Å². The fourth-order valence-electron chi connectivity index (χ4n) is 2.49. The highest BCUT2D eigenvalue weighted by Gasteiger charge is 2.38. The lowest BCUT2D eigenvalue weighted by molar-refractivity contribution is -0.157. The number of alkyl halides is 3. The molecule has 0 spiro atoms. The summed E-state index contributed by atoms with van der Waals surface area (Å²) in [6.07, 6.45) is -2.93. The normalized spacial score (nSPS) is 18.5. The van der Waals surface area contributed by atoms with Gasteiger partial charge in [-0.1, -0.05) is 0 Å². The maximum atomic E-state index is 12.3. The second-order valence-corrected chi connectivity index (χ2v) is 6.63. The van der Waals surface area contributed by atoms with Gasteiger partial charge < -0.3 is 10.2 Å². The molecule has 0 bridgehead atoms. The Hall–Kier alpha value is -1.64. The van der Waals surface area contributed by atoms with Crippen molar-refractivity contribution in [3.8, 4) is 0 Å².